The highest BCUT2D eigenvalue weighted by atomic mass is 16.5. The number of ether oxygens (including phenoxy) is 1. The first-order valence-electron chi connectivity index (χ1n) is 8.60. The number of carbonyl (C=O) groups is 1. The van der Waals surface area contributed by atoms with Crippen molar-refractivity contribution < 1.29 is 13.9 Å². The zero-order valence-corrected chi connectivity index (χ0v) is 15.6. The molecule has 1 aromatic heterocycles. The number of aryl methyl sites for hydroxylation is 4. The van der Waals surface area contributed by atoms with Crippen LogP contribution in [-0.4, -0.2) is 5.91 Å². The fraction of sp³-hybridized carbons (Fsp3) is 0.227. The highest BCUT2D eigenvalue weighted by Crippen LogP contribution is 2.23. The molecule has 0 spiro atoms. The van der Waals surface area contributed by atoms with Gasteiger partial charge in [-0.2, -0.15) is 0 Å². The molecule has 0 unspecified atom stereocenters. The van der Waals surface area contributed by atoms with Crippen LogP contribution in [0.3, 0.4) is 0 Å². The molecule has 0 aliphatic carbocycles. The minimum atomic E-state index is -0.262. The lowest BCUT2D eigenvalue weighted by Crippen LogP contribution is -2.13. The number of furan rings is 1. The van der Waals surface area contributed by atoms with Gasteiger partial charge < -0.3 is 14.5 Å². The van der Waals surface area contributed by atoms with Gasteiger partial charge in [-0.05, 0) is 63.1 Å². The highest BCUT2D eigenvalue weighted by molar-refractivity contribution is 6.03. The van der Waals surface area contributed by atoms with E-state index in [-0.39, 0.29) is 18.3 Å². The summed E-state index contributed by atoms with van der Waals surface area (Å²) >= 11 is 0. The summed E-state index contributed by atoms with van der Waals surface area (Å²) in [6.07, 6.45) is 0. The van der Waals surface area contributed by atoms with Crippen molar-refractivity contribution >= 4 is 11.6 Å². The van der Waals surface area contributed by atoms with E-state index in [1.165, 1.54) is 11.1 Å². The van der Waals surface area contributed by atoms with E-state index >= 15 is 0 Å². The van der Waals surface area contributed by atoms with E-state index in [0.717, 1.165) is 22.6 Å². The first-order valence-corrected chi connectivity index (χ1v) is 8.60. The van der Waals surface area contributed by atoms with E-state index in [0.29, 0.717) is 5.76 Å². The molecule has 0 saturated heterocycles. The van der Waals surface area contributed by atoms with Gasteiger partial charge in [0.1, 0.15) is 18.1 Å². The summed E-state index contributed by atoms with van der Waals surface area (Å²) in [4.78, 5) is 12.5. The highest BCUT2D eigenvalue weighted by Gasteiger charge is 2.14. The maximum Gasteiger partial charge on any atom is 0.291 e. The Bertz CT molecular complexity index is 900. The largest absolute Gasteiger partial charge is 0.486 e. The van der Waals surface area contributed by atoms with Crippen molar-refractivity contribution in [1.29, 1.82) is 0 Å². The third kappa shape index (κ3) is 4.14. The summed E-state index contributed by atoms with van der Waals surface area (Å²) in [6, 6.07) is 15.3. The lowest BCUT2D eigenvalue weighted by Gasteiger charge is -2.11. The van der Waals surface area contributed by atoms with Crippen LogP contribution in [0, 0.1) is 27.7 Å². The third-order valence-corrected chi connectivity index (χ3v) is 4.20. The Kier molecular flexibility index (Phi) is 5.12. The molecule has 3 rings (SSSR count). The average Bonchev–Trinajstić information content (AvgIpc) is 3.06. The van der Waals surface area contributed by atoms with Crippen LogP contribution in [0.25, 0.3) is 0 Å². The van der Waals surface area contributed by atoms with Crippen molar-refractivity contribution in [3.8, 4) is 5.75 Å². The van der Waals surface area contributed by atoms with Crippen molar-refractivity contribution in [2.24, 2.45) is 0 Å². The fourth-order valence-electron chi connectivity index (χ4n) is 2.92. The molecule has 0 radical (unpaired) electrons. The Morgan fingerprint density at radius 2 is 1.58 bits per heavy atom. The van der Waals surface area contributed by atoms with Gasteiger partial charge >= 0.3 is 0 Å². The Morgan fingerprint density at radius 1 is 0.923 bits per heavy atom. The van der Waals surface area contributed by atoms with E-state index in [4.69, 9.17) is 9.15 Å². The third-order valence-electron chi connectivity index (χ3n) is 4.20. The Labute approximate surface area is 153 Å². The van der Waals surface area contributed by atoms with Crippen LogP contribution in [0.4, 0.5) is 5.69 Å². The summed E-state index contributed by atoms with van der Waals surface area (Å²) in [6.45, 7) is 8.31. The zero-order valence-electron chi connectivity index (χ0n) is 15.6. The van der Waals surface area contributed by atoms with Gasteiger partial charge in [-0.1, -0.05) is 35.4 Å². The van der Waals surface area contributed by atoms with Gasteiger partial charge in [0.15, 0.2) is 5.76 Å². The van der Waals surface area contributed by atoms with E-state index in [1.54, 1.807) is 12.1 Å². The molecular formula is C22H23NO3. The van der Waals surface area contributed by atoms with Crippen LogP contribution in [0.5, 0.6) is 5.75 Å². The van der Waals surface area contributed by atoms with E-state index in [2.05, 4.69) is 5.32 Å². The number of nitrogens with one attached hydrogen (secondary N) is 1. The van der Waals surface area contributed by atoms with Gasteiger partial charge in [0.2, 0.25) is 0 Å². The number of amides is 1. The second kappa shape index (κ2) is 7.48. The summed E-state index contributed by atoms with van der Waals surface area (Å²) in [5.74, 6) is 1.38. The Hall–Kier alpha value is -3.01. The maximum absolute atomic E-state index is 12.5. The molecule has 2 aromatic carbocycles. The maximum atomic E-state index is 12.5. The number of rotatable bonds is 5. The molecule has 0 aliphatic heterocycles. The molecule has 134 valence electrons. The lowest BCUT2D eigenvalue weighted by molar-refractivity contribution is 0.0992. The predicted molar refractivity (Wildman–Crippen MR) is 103 cm³/mol. The number of benzene rings is 2. The van der Waals surface area contributed by atoms with Crippen molar-refractivity contribution in [3.63, 3.8) is 0 Å². The van der Waals surface area contributed by atoms with Crippen LogP contribution < -0.4 is 10.1 Å². The van der Waals surface area contributed by atoms with Gasteiger partial charge in [0, 0.05) is 5.69 Å². The Morgan fingerprint density at radius 3 is 2.23 bits per heavy atom. The van der Waals surface area contributed by atoms with Gasteiger partial charge in [-0.15, -0.1) is 0 Å². The standard InChI is InChI=1S/C22H23NO3/c1-14-5-7-18(8-6-14)25-13-19-9-10-20(26-19)22(24)23-21-16(3)11-15(2)12-17(21)4/h5-12H,13H2,1-4H3,(H,23,24). The number of carbonyl (C=O) groups excluding carboxylic acids is 1. The second-order valence-corrected chi connectivity index (χ2v) is 6.60. The van der Waals surface area contributed by atoms with Gasteiger partial charge in [0.25, 0.3) is 5.91 Å². The van der Waals surface area contributed by atoms with Gasteiger partial charge in [-0.3, -0.25) is 4.79 Å². The monoisotopic (exact) mass is 349 g/mol. The van der Waals surface area contributed by atoms with Gasteiger partial charge in [0.05, 0.1) is 0 Å². The van der Waals surface area contributed by atoms with Crippen LogP contribution in [0.15, 0.2) is 52.9 Å². The van der Waals surface area contributed by atoms with E-state index < -0.39 is 0 Å². The quantitative estimate of drug-likeness (QED) is 0.676. The fourth-order valence-corrected chi connectivity index (χ4v) is 2.92. The summed E-state index contributed by atoms with van der Waals surface area (Å²) in [5, 5.41) is 2.94. The number of hydrogen-bond acceptors (Lipinski definition) is 3. The van der Waals surface area contributed by atoms with Crippen LogP contribution in [0.2, 0.25) is 0 Å². The molecule has 1 amide bonds. The summed E-state index contributed by atoms with van der Waals surface area (Å²) < 4.78 is 11.3. The molecule has 4 nitrogen and oxygen atoms in total. The molecule has 0 atom stereocenters. The zero-order chi connectivity index (χ0) is 18.7. The molecule has 0 aliphatic rings. The molecule has 0 bridgehead atoms. The average molecular weight is 349 g/mol. The van der Waals surface area contributed by atoms with E-state index in [9.17, 15) is 4.79 Å². The minimum absolute atomic E-state index is 0.262. The molecule has 26 heavy (non-hydrogen) atoms. The molecule has 4 heteroatoms. The lowest BCUT2D eigenvalue weighted by atomic mass is 10.1. The predicted octanol–water partition coefficient (Wildman–Crippen LogP) is 5.34. The van der Waals surface area contributed by atoms with Crippen LogP contribution >= 0.6 is 0 Å². The van der Waals surface area contributed by atoms with Crippen LogP contribution in [0.1, 0.15) is 38.6 Å². The summed E-state index contributed by atoms with van der Waals surface area (Å²) in [7, 11) is 0. The summed E-state index contributed by atoms with van der Waals surface area (Å²) in [5.41, 5.74) is 5.24. The molecule has 1 N–H and O–H groups in total. The number of anilines is 1. The topological polar surface area (TPSA) is 51.5 Å². The smallest absolute Gasteiger partial charge is 0.291 e. The molecule has 1 heterocycles. The Balaban J connectivity index is 1.65. The second-order valence-electron chi connectivity index (χ2n) is 6.60. The normalized spacial score (nSPS) is 10.6. The van der Waals surface area contributed by atoms with Crippen molar-refractivity contribution in [2.45, 2.75) is 34.3 Å². The van der Waals surface area contributed by atoms with Crippen LogP contribution in [-0.2, 0) is 6.61 Å². The van der Waals surface area contributed by atoms with Gasteiger partial charge in [-0.25, -0.2) is 0 Å². The van der Waals surface area contributed by atoms with E-state index in [1.807, 2.05) is 64.1 Å². The molecular weight excluding hydrogens is 326 g/mol. The SMILES string of the molecule is Cc1ccc(OCc2ccc(C(=O)Nc3c(C)cc(C)cc3C)o2)cc1. The molecule has 0 saturated carbocycles. The number of hydrogen-bond donors (Lipinski definition) is 1. The van der Waals surface area contributed by atoms with Crippen molar-refractivity contribution in [2.75, 3.05) is 5.32 Å². The molecule has 3 aromatic rings. The minimum Gasteiger partial charge on any atom is -0.486 e. The molecule has 0 fully saturated rings. The first-order chi connectivity index (χ1) is 12.4. The van der Waals surface area contributed by atoms with Crippen molar-refractivity contribution in [1.82, 2.24) is 0 Å². The first kappa shape index (κ1) is 17.8. The van der Waals surface area contributed by atoms with Crippen molar-refractivity contribution in [3.05, 3.63) is 82.3 Å².